The normalized spacial score (nSPS) is 11.3. The molecule has 0 aliphatic rings. The van der Waals surface area contributed by atoms with Gasteiger partial charge in [0.2, 0.25) is 0 Å². The highest BCUT2D eigenvalue weighted by molar-refractivity contribution is 5.88. The number of aromatic nitrogens is 3. The Morgan fingerprint density at radius 1 is 1.33 bits per heavy atom. The maximum Gasteiger partial charge on any atom is 0.147 e. The molecule has 0 spiro atoms. The first-order valence-corrected chi connectivity index (χ1v) is 5.63. The van der Waals surface area contributed by atoms with E-state index < -0.39 is 0 Å². The number of nitrogens with one attached hydrogen (secondary N) is 1. The van der Waals surface area contributed by atoms with E-state index >= 15 is 0 Å². The van der Waals surface area contributed by atoms with Crippen molar-refractivity contribution in [1.29, 1.82) is 0 Å². The molecule has 3 N–H and O–H groups in total. The second kappa shape index (κ2) is 3.60. The van der Waals surface area contributed by atoms with Crippen LogP contribution in [0.25, 0.3) is 22.2 Å². The van der Waals surface area contributed by atoms with Crippen LogP contribution < -0.4 is 5.73 Å². The number of halogens is 1. The summed E-state index contributed by atoms with van der Waals surface area (Å²) in [5.41, 5.74) is 8.68. The summed E-state index contributed by atoms with van der Waals surface area (Å²) in [6.45, 7) is 1.94. The summed E-state index contributed by atoms with van der Waals surface area (Å²) >= 11 is 0. The zero-order valence-corrected chi connectivity index (χ0v) is 10.2. The number of rotatable bonds is 1. The molecule has 0 amide bonds. The van der Waals surface area contributed by atoms with E-state index in [1.54, 1.807) is 24.0 Å². The third-order valence-electron chi connectivity index (χ3n) is 3.16. The van der Waals surface area contributed by atoms with E-state index in [4.69, 9.17) is 5.73 Å². The molecule has 0 saturated heterocycles. The van der Waals surface area contributed by atoms with Gasteiger partial charge < -0.3 is 10.7 Å². The summed E-state index contributed by atoms with van der Waals surface area (Å²) in [6, 6.07) is 5.13. The number of H-pyrrole nitrogens is 1. The average Bonchev–Trinajstić information content (AvgIpc) is 2.85. The van der Waals surface area contributed by atoms with Crippen LogP contribution in [0.4, 0.5) is 10.2 Å². The lowest BCUT2D eigenvalue weighted by Crippen LogP contribution is -1.96. The minimum absolute atomic E-state index is 0.278. The van der Waals surface area contributed by atoms with Crippen LogP contribution in [-0.2, 0) is 7.05 Å². The molecule has 0 saturated carbocycles. The van der Waals surface area contributed by atoms with E-state index in [0.29, 0.717) is 17.0 Å². The van der Waals surface area contributed by atoms with Crippen molar-refractivity contribution in [3.8, 4) is 11.3 Å². The van der Waals surface area contributed by atoms with Gasteiger partial charge in [-0.3, -0.25) is 4.68 Å². The van der Waals surface area contributed by atoms with Gasteiger partial charge in [-0.05, 0) is 24.6 Å². The second-order valence-electron chi connectivity index (χ2n) is 4.43. The summed E-state index contributed by atoms with van der Waals surface area (Å²) in [7, 11) is 1.76. The molecular weight excluding hydrogens is 231 g/mol. The molecule has 92 valence electrons. The molecule has 1 aromatic carbocycles. The van der Waals surface area contributed by atoms with E-state index in [0.717, 1.165) is 16.5 Å². The van der Waals surface area contributed by atoms with Crippen LogP contribution in [0.2, 0.25) is 0 Å². The summed E-state index contributed by atoms with van der Waals surface area (Å²) in [5.74, 6) is 0.274. The lowest BCUT2D eigenvalue weighted by atomic mass is 10.1. The third kappa shape index (κ3) is 1.48. The van der Waals surface area contributed by atoms with Crippen molar-refractivity contribution in [2.45, 2.75) is 6.92 Å². The lowest BCUT2D eigenvalue weighted by Gasteiger charge is -2.00. The molecule has 0 aliphatic carbocycles. The van der Waals surface area contributed by atoms with Crippen molar-refractivity contribution in [2.24, 2.45) is 7.05 Å². The average molecular weight is 244 g/mol. The van der Waals surface area contributed by atoms with Gasteiger partial charge in [0.1, 0.15) is 11.6 Å². The van der Waals surface area contributed by atoms with Crippen molar-refractivity contribution in [3.05, 3.63) is 35.8 Å². The van der Waals surface area contributed by atoms with E-state index in [2.05, 4.69) is 10.1 Å². The van der Waals surface area contributed by atoms with Crippen LogP contribution in [0.15, 0.2) is 24.4 Å². The fourth-order valence-electron chi connectivity index (χ4n) is 2.09. The Bertz CT molecular complexity index is 719. The minimum atomic E-state index is -0.278. The summed E-state index contributed by atoms with van der Waals surface area (Å²) in [5, 5.41) is 5.13. The SMILES string of the molecule is Cc1c[nH]c2c(F)cc(-c3cc(N)n(C)n3)cc12. The number of fused-ring (bicyclic) bond motifs is 1. The van der Waals surface area contributed by atoms with Crippen molar-refractivity contribution >= 4 is 16.7 Å². The van der Waals surface area contributed by atoms with Gasteiger partial charge in [0.05, 0.1) is 11.2 Å². The van der Waals surface area contributed by atoms with Gasteiger partial charge in [0.15, 0.2) is 0 Å². The number of nitrogens with two attached hydrogens (primary N) is 1. The van der Waals surface area contributed by atoms with Gasteiger partial charge in [-0.1, -0.05) is 0 Å². The molecule has 0 aliphatic heterocycles. The highest BCUT2D eigenvalue weighted by Crippen LogP contribution is 2.28. The molecule has 0 atom stereocenters. The van der Waals surface area contributed by atoms with Crippen molar-refractivity contribution < 1.29 is 4.39 Å². The molecule has 18 heavy (non-hydrogen) atoms. The predicted molar refractivity (Wildman–Crippen MR) is 69.6 cm³/mol. The molecule has 0 bridgehead atoms. The van der Waals surface area contributed by atoms with Crippen molar-refractivity contribution in [2.75, 3.05) is 5.73 Å². The van der Waals surface area contributed by atoms with Crippen LogP contribution in [0, 0.1) is 12.7 Å². The van der Waals surface area contributed by atoms with Crippen LogP contribution in [0.1, 0.15) is 5.56 Å². The fourth-order valence-corrected chi connectivity index (χ4v) is 2.09. The van der Waals surface area contributed by atoms with Gasteiger partial charge in [-0.25, -0.2) is 4.39 Å². The molecule has 2 heterocycles. The number of anilines is 1. The molecule has 2 aromatic heterocycles. The minimum Gasteiger partial charge on any atom is -0.384 e. The second-order valence-corrected chi connectivity index (χ2v) is 4.43. The first-order valence-electron chi connectivity index (χ1n) is 5.63. The molecule has 0 unspecified atom stereocenters. The van der Waals surface area contributed by atoms with Gasteiger partial charge in [0, 0.05) is 30.3 Å². The Kier molecular flexibility index (Phi) is 2.16. The first kappa shape index (κ1) is 10.8. The monoisotopic (exact) mass is 244 g/mol. The molecule has 0 fully saturated rings. The van der Waals surface area contributed by atoms with Gasteiger partial charge >= 0.3 is 0 Å². The van der Waals surface area contributed by atoms with E-state index in [9.17, 15) is 4.39 Å². The van der Waals surface area contributed by atoms with Crippen LogP contribution in [-0.4, -0.2) is 14.8 Å². The number of hydrogen-bond donors (Lipinski definition) is 2. The van der Waals surface area contributed by atoms with Crippen LogP contribution >= 0.6 is 0 Å². The molecule has 5 heteroatoms. The lowest BCUT2D eigenvalue weighted by molar-refractivity contribution is 0.637. The van der Waals surface area contributed by atoms with E-state index in [1.165, 1.54) is 6.07 Å². The highest BCUT2D eigenvalue weighted by atomic mass is 19.1. The van der Waals surface area contributed by atoms with Gasteiger partial charge in [-0.15, -0.1) is 0 Å². The number of hydrogen-bond acceptors (Lipinski definition) is 2. The maximum absolute atomic E-state index is 14.0. The molecule has 4 nitrogen and oxygen atoms in total. The Balaban J connectivity index is 2.26. The third-order valence-corrected chi connectivity index (χ3v) is 3.16. The number of benzene rings is 1. The number of nitrogens with zero attached hydrogens (tertiary/aromatic N) is 2. The Morgan fingerprint density at radius 3 is 2.78 bits per heavy atom. The summed E-state index contributed by atoms with van der Waals surface area (Å²) < 4.78 is 15.5. The Morgan fingerprint density at radius 2 is 2.11 bits per heavy atom. The van der Waals surface area contributed by atoms with E-state index in [1.807, 2.05) is 13.0 Å². The maximum atomic E-state index is 14.0. The van der Waals surface area contributed by atoms with Crippen LogP contribution in [0.3, 0.4) is 0 Å². The zero-order chi connectivity index (χ0) is 12.9. The predicted octanol–water partition coefficient (Wildman–Crippen LogP) is 2.60. The highest BCUT2D eigenvalue weighted by Gasteiger charge is 2.11. The molecular formula is C13H13FN4. The standard InChI is InChI=1S/C13H13FN4/c1-7-6-16-13-9(7)3-8(4-10(13)14)11-5-12(15)18(2)17-11/h3-6,16H,15H2,1-2H3. The van der Waals surface area contributed by atoms with Crippen molar-refractivity contribution in [3.63, 3.8) is 0 Å². The number of aromatic amines is 1. The van der Waals surface area contributed by atoms with Crippen molar-refractivity contribution in [1.82, 2.24) is 14.8 Å². The first-order chi connectivity index (χ1) is 8.56. The molecule has 3 rings (SSSR count). The Hall–Kier alpha value is -2.30. The molecule has 0 radical (unpaired) electrons. The van der Waals surface area contributed by atoms with Crippen LogP contribution in [0.5, 0.6) is 0 Å². The summed E-state index contributed by atoms with van der Waals surface area (Å²) in [6.07, 6.45) is 1.80. The fraction of sp³-hybridized carbons (Fsp3) is 0.154. The number of aryl methyl sites for hydroxylation is 2. The Labute approximate surface area is 103 Å². The van der Waals surface area contributed by atoms with E-state index in [-0.39, 0.29) is 5.82 Å². The topological polar surface area (TPSA) is 59.6 Å². The number of nitrogen functional groups attached to an aromatic ring is 1. The largest absolute Gasteiger partial charge is 0.384 e. The smallest absolute Gasteiger partial charge is 0.147 e. The molecule has 3 aromatic rings. The quantitative estimate of drug-likeness (QED) is 0.691. The van der Waals surface area contributed by atoms with Gasteiger partial charge in [-0.2, -0.15) is 5.10 Å². The summed E-state index contributed by atoms with van der Waals surface area (Å²) in [4.78, 5) is 2.93. The van der Waals surface area contributed by atoms with Gasteiger partial charge in [0.25, 0.3) is 0 Å². The zero-order valence-electron chi connectivity index (χ0n) is 10.2.